The van der Waals surface area contributed by atoms with Gasteiger partial charge >= 0.3 is 6.01 Å². The predicted molar refractivity (Wildman–Crippen MR) is 152 cm³/mol. The molecule has 1 unspecified atom stereocenters. The first kappa shape index (κ1) is 25.8. The lowest BCUT2D eigenvalue weighted by molar-refractivity contribution is 0.108. The van der Waals surface area contributed by atoms with Crippen LogP contribution in [0.25, 0.3) is 32.9 Å². The van der Waals surface area contributed by atoms with Gasteiger partial charge in [0.2, 0.25) is 0 Å². The maximum Gasteiger partial charge on any atom is 0.319 e. The molecule has 10 heteroatoms. The van der Waals surface area contributed by atoms with Crippen LogP contribution in [0.5, 0.6) is 6.01 Å². The third-order valence-corrected chi connectivity index (χ3v) is 8.87. The Bertz CT molecular complexity index is 1770. The van der Waals surface area contributed by atoms with Crippen LogP contribution in [-0.4, -0.2) is 51.1 Å². The van der Waals surface area contributed by atoms with Crippen LogP contribution in [0.2, 0.25) is 0 Å². The zero-order chi connectivity index (χ0) is 28.5. The number of hydrogen-bond donors (Lipinski definition) is 2. The molecule has 7 rings (SSSR count). The van der Waals surface area contributed by atoms with E-state index in [9.17, 15) is 8.78 Å². The summed E-state index contributed by atoms with van der Waals surface area (Å²) in [4.78, 5) is 16.4. The van der Waals surface area contributed by atoms with Gasteiger partial charge in [0.25, 0.3) is 0 Å². The maximum atomic E-state index is 16.6. The van der Waals surface area contributed by atoms with Gasteiger partial charge in [0.15, 0.2) is 17.5 Å². The number of aromatic nitrogens is 3. The van der Waals surface area contributed by atoms with Gasteiger partial charge in [0, 0.05) is 22.7 Å². The highest BCUT2D eigenvalue weighted by molar-refractivity contribution is 6.04. The summed E-state index contributed by atoms with van der Waals surface area (Å²) in [7, 11) is 0. The SMILES string of the molecule is C#Cc1c(F)c(F)cc2cc(N)cc(-c3nc4c5c(nc(OCC67CCCN6CCC7)nc5c3F)NC(C)CC4)c12. The van der Waals surface area contributed by atoms with Crippen molar-refractivity contribution in [2.24, 2.45) is 0 Å². The highest BCUT2D eigenvalue weighted by atomic mass is 19.2. The van der Waals surface area contributed by atoms with E-state index in [1.54, 1.807) is 0 Å². The van der Waals surface area contributed by atoms with Gasteiger partial charge < -0.3 is 15.8 Å². The molecule has 0 saturated carbocycles. The Morgan fingerprint density at radius 1 is 1.10 bits per heavy atom. The number of rotatable bonds is 4. The summed E-state index contributed by atoms with van der Waals surface area (Å²) in [6.45, 7) is 4.55. The number of nitrogens with one attached hydrogen (secondary N) is 1. The minimum Gasteiger partial charge on any atom is -0.461 e. The van der Waals surface area contributed by atoms with Crippen LogP contribution >= 0.6 is 0 Å². The molecule has 2 fully saturated rings. The van der Waals surface area contributed by atoms with E-state index in [1.165, 1.54) is 12.1 Å². The summed E-state index contributed by atoms with van der Waals surface area (Å²) in [5.74, 6) is -0.337. The van der Waals surface area contributed by atoms with Gasteiger partial charge in [-0.3, -0.25) is 4.90 Å². The van der Waals surface area contributed by atoms with E-state index < -0.39 is 17.5 Å². The molecular weight excluding hydrogens is 529 g/mol. The van der Waals surface area contributed by atoms with Gasteiger partial charge in [0.05, 0.1) is 22.2 Å². The second-order valence-corrected chi connectivity index (χ2v) is 11.4. The number of benzene rings is 2. The molecule has 3 aliphatic heterocycles. The monoisotopic (exact) mass is 558 g/mol. The predicted octanol–water partition coefficient (Wildman–Crippen LogP) is 5.58. The third-order valence-electron chi connectivity index (χ3n) is 8.87. The lowest BCUT2D eigenvalue weighted by atomic mass is 9.94. The summed E-state index contributed by atoms with van der Waals surface area (Å²) >= 11 is 0. The molecule has 210 valence electrons. The van der Waals surface area contributed by atoms with Crippen molar-refractivity contribution < 1.29 is 17.9 Å². The molecule has 1 atom stereocenters. The molecule has 41 heavy (non-hydrogen) atoms. The number of nitrogen functional groups attached to an aromatic ring is 1. The number of ether oxygens (including phenoxy) is 1. The minimum absolute atomic E-state index is 0.0360. The lowest BCUT2D eigenvalue weighted by Crippen LogP contribution is -2.43. The van der Waals surface area contributed by atoms with Crippen LogP contribution in [0, 0.1) is 29.8 Å². The molecule has 2 saturated heterocycles. The molecule has 7 nitrogen and oxygen atoms in total. The van der Waals surface area contributed by atoms with Gasteiger partial charge in [-0.2, -0.15) is 9.97 Å². The Morgan fingerprint density at radius 3 is 2.63 bits per heavy atom. The standard InChI is InChI=1S/C31H29F3N6O/c1-3-19-23-17(13-21(32)25(19)33)12-18(35)14-20(23)27-26(34)28-24-22(37-27)7-6-16(2)36-29(24)39-30(38-28)41-15-31-8-4-10-40(31)11-5-9-31/h1,12-14,16H,4-11,15,35H2,2H3,(H,36,38,39). The van der Waals surface area contributed by atoms with Gasteiger partial charge in [0.1, 0.15) is 23.6 Å². The molecule has 3 aliphatic rings. The number of nitrogens with two attached hydrogens (primary N) is 1. The fraction of sp³-hybridized carbons (Fsp3) is 0.387. The van der Waals surface area contributed by atoms with Crippen molar-refractivity contribution in [1.29, 1.82) is 0 Å². The molecule has 0 spiro atoms. The molecule has 0 aliphatic carbocycles. The number of hydrogen-bond acceptors (Lipinski definition) is 7. The third kappa shape index (κ3) is 4.05. The molecular formula is C31H29F3N6O. The van der Waals surface area contributed by atoms with E-state index >= 15 is 4.39 Å². The lowest BCUT2D eigenvalue weighted by Gasteiger charge is -2.31. The highest BCUT2D eigenvalue weighted by Crippen LogP contribution is 2.42. The first-order valence-corrected chi connectivity index (χ1v) is 14.0. The number of aryl methyl sites for hydroxylation is 1. The number of nitrogens with zero attached hydrogens (tertiary/aromatic N) is 4. The van der Waals surface area contributed by atoms with Crippen molar-refractivity contribution in [3.63, 3.8) is 0 Å². The van der Waals surface area contributed by atoms with Crippen molar-refractivity contribution in [3.8, 4) is 29.6 Å². The quantitative estimate of drug-likeness (QED) is 0.250. The average molecular weight is 559 g/mol. The van der Waals surface area contributed by atoms with Gasteiger partial charge in [-0.25, -0.2) is 18.2 Å². The topological polar surface area (TPSA) is 89.2 Å². The molecule has 4 aromatic rings. The van der Waals surface area contributed by atoms with Gasteiger partial charge in [-0.05, 0) is 82.1 Å². The van der Waals surface area contributed by atoms with Gasteiger partial charge in [-0.15, -0.1) is 6.42 Å². The summed E-state index contributed by atoms with van der Waals surface area (Å²) in [6, 6.07) is 4.09. The van der Waals surface area contributed by atoms with Crippen molar-refractivity contribution in [2.75, 3.05) is 30.7 Å². The summed E-state index contributed by atoms with van der Waals surface area (Å²) in [5, 5.41) is 4.26. The number of anilines is 2. The molecule has 0 radical (unpaired) electrons. The van der Waals surface area contributed by atoms with E-state index in [2.05, 4.69) is 26.1 Å². The molecule has 3 N–H and O–H groups in total. The number of fused-ring (bicyclic) bond motifs is 2. The number of pyridine rings is 1. The average Bonchev–Trinajstić information content (AvgIpc) is 3.48. The molecule has 0 amide bonds. The summed E-state index contributed by atoms with van der Waals surface area (Å²) in [5.41, 5.74) is 6.73. The number of halogens is 3. The Labute approximate surface area is 235 Å². The zero-order valence-electron chi connectivity index (χ0n) is 22.7. The second-order valence-electron chi connectivity index (χ2n) is 11.4. The second kappa shape index (κ2) is 9.48. The first-order valence-electron chi connectivity index (χ1n) is 14.0. The Kier molecular flexibility index (Phi) is 5.98. The number of terminal acetylenes is 1. The van der Waals surface area contributed by atoms with Crippen molar-refractivity contribution >= 4 is 33.2 Å². The van der Waals surface area contributed by atoms with Gasteiger partial charge in [-0.1, -0.05) is 5.92 Å². The summed E-state index contributed by atoms with van der Waals surface area (Å²) < 4.78 is 52.0. The largest absolute Gasteiger partial charge is 0.461 e. The summed E-state index contributed by atoms with van der Waals surface area (Å²) in [6.07, 6.45) is 11.2. The Hall–Kier alpha value is -4.10. The van der Waals surface area contributed by atoms with E-state index in [0.717, 1.165) is 44.8 Å². The maximum absolute atomic E-state index is 16.6. The molecule has 5 heterocycles. The van der Waals surface area contributed by atoms with Crippen LogP contribution in [-0.2, 0) is 6.42 Å². The van der Waals surface area contributed by atoms with Crippen LogP contribution < -0.4 is 15.8 Å². The first-order chi connectivity index (χ1) is 19.8. The van der Waals surface area contributed by atoms with Crippen molar-refractivity contribution in [2.45, 2.75) is 57.0 Å². The van der Waals surface area contributed by atoms with Crippen LogP contribution in [0.15, 0.2) is 18.2 Å². The molecule has 2 aromatic heterocycles. The van der Waals surface area contributed by atoms with Crippen LogP contribution in [0.3, 0.4) is 0 Å². The fourth-order valence-corrected chi connectivity index (χ4v) is 6.90. The van der Waals surface area contributed by atoms with Crippen molar-refractivity contribution in [3.05, 3.63) is 46.9 Å². The fourth-order valence-electron chi connectivity index (χ4n) is 6.90. The van der Waals surface area contributed by atoms with Crippen LogP contribution in [0.4, 0.5) is 24.7 Å². The highest BCUT2D eigenvalue weighted by Gasteiger charge is 2.45. The van der Waals surface area contributed by atoms with E-state index in [-0.39, 0.29) is 56.4 Å². The molecule has 0 bridgehead atoms. The minimum atomic E-state index is -1.18. The van der Waals surface area contributed by atoms with Crippen LogP contribution in [0.1, 0.15) is 50.3 Å². The van der Waals surface area contributed by atoms with E-state index in [1.807, 2.05) is 6.92 Å². The smallest absolute Gasteiger partial charge is 0.319 e. The zero-order valence-corrected chi connectivity index (χ0v) is 22.7. The molecule has 2 aromatic carbocycles. The van der Waals surface area contributed by atoms with E-state index in [4.69, 9.17) is 21.9 Å². The Morgan fingerprint density at radius 2 is 1.88 bits per heavy atom. The Balaban J connectivity index is 1.43. The normalized spacial score (nSPS) is 19.6. The van der Waals surface area contributed by atoms with E-state index in [0.29, 0.717) is 36.3 Å². The van der Waals surface area contributed by atoms with Crippen molar-refractivity contribution in [1.82, 2.24) is 19.9 Å².